The number of benzene rings is 1. The number of aldehydes is 1. The molecule has 0 aliphatic rings. The van der Waals surface area contributed by atoms with Gasteiger partial charge in [0.15, 0.2) is 23.6 Å². The van der Waals surface area contributed by atoms with E-state index in [1.165, 1.54) is 26.2 Å². The summed E-state index contributed by atoms with van der Waals surface area (Å²) in [5.41, 5.74) is 0.408. The van der Waals surface area contributed by atoms with Crippen LogP contribution in [-0.2, 0) is 0 Å². The summed E-state index contributed by atoms with van der Waals surface area (Å²) >= 11 is 0. The minimum Gasteiger partial charge on any atom is -0.504 e. The van der Waals surface area contributed by atoms with Crippen molar-refractivity contribution in [3.63, 3.8) is 0 Å². The van der Waals surface area contributed by atoms with Crippen LogP contribution >= 0.6 is 0 Å². The van der Waals surface area contributed by atoms with Crippen molar-refractivity contribution in [2.75, 3.05) is 7.11 Å². The van der Waals surface area contributed by atoms with E-state index in [0.717, 1.165) is 0 Å². The molecule has 0 unspecified atom stereocenters. The Morgan fingerprint density at radius 2 is 2.14 bits per heavy atom. The predicted molar refractivity (Wildman–Crippen MR) is 50.1 cm³/mol. The van der Waals surface area contributed by atoms with Crippen molar-refractivity contribution in [1.29, 1.82) is 0 Å². The van der Waals surface area contributed by atoms with Crippen LogP contribution in [0.4, 0.5) is 0 Å². The highest BCUT2D eigenvalue weighted by atomic mass is 16.5. The van der Waals surface area contributed by atoms with Gasteiger partial charge in [-0.1, -0.05) is 0 Å². The average Bonchev–Trinajstić information content (AvgIpc) is 2.17. The molecule has 0 aromatic heterocycles. The first-order valence-electron chi connectivity index (χ1n) is 3.97. The number of ketones is 1. The molecule has 0 amide bonds. The average molecular weight is 194 g/mol. The molecule has 0 atom stereocenters. The van der Waals surface area contributed by atoms with Gasteiger partial charge in [-0.3, -0.25) is 9.59 Å². The van der Waals surface area contributed by atoms with Crippen molar-refractivity contribution in [2.24, 2.45) is 0 Å². The summed E-state index contributed by atoms with van der Waals surface area (Å²) in [7, 11) is 1.37. The van der Waals surface area contributed by atoms with Crippen LogP contribution in [0.25, 0.3) is 0 Å². The molecule has 0 saturated heterocycles. The second-order valence-electron chi connectivity index (χ2n) is 2.79. The molecule has 14 heavy (non-hydrogen) atoms. The highest BCUT2D eigenvalue weighted by molar-refractivity contribution is 6.02. The lowest BCUT2D eigenvalue weighted by atomic mass is 10.0. The number of phenolic OH excluding ortho intramolecular Hbond substituents is 1. The molecule has 1 aromatic carbocycles. The molecule has 0 bridgehead atoms. The van der Waals surface area contributed by atoms with Gasteiger partial charge in [-0.05, 0) is 19.1 Å². The normalized spacial score (nSPS) is 9.57. The lowest BCUT2D eigenvalue weighted by molar-refractivity contribution is 0.100. The molecule has 0 saturated carbocycles. The van der Waals surface area contributed by atoms with Gasteiger partial charge < -0.3 is 9.84 Å². The first kappa shape index (κ1) is 10.2. The van der Waals surface area contributed by atoms with Gasteiger partial charge in [0.25, 0.3) is 0 Å². The molecule has 4 heteroatoms. The lowest BCUT2D eigenvalue weighted by Gasteiger charge is -2.06. The van der Waals surface area contributed by atoms with Gasteiger partial charge in [0.2, 0.25) is 0 Å². The predicted octanol–water partition coefficient (Wildman–Crippen LogP) is 1.42. The van der Waals surface area contributed by atoms with Crippen LogP contribution in [0.15, 0.2) is 12.1 Å². The number of hydrogen-bond acceptors (Lipinski definition) is 4. The fraction of sp³-hybridized carbons (Fsp3) is 0.200. The summed E-state index contributed by atoms with van der Waals surface area (Å²) in [6, 6.07) is 2.56. The van der Waals surface area contributed by atoms with Gasteiger partial charge in [-0.2, -0.15) is 0 Å². The van der Waals surface area contributed by atoms with Crippen molar-refractivity contribution in [1.82, 2.24) is 0 Å². The first-order valence-corrected chi connectivity index (χ1v) is 3.97. The smallest absolute Gasteiger partial charge is 0.161 e. The Morgan fingerprint density at radius 3 is 2.57 bits per heavy atom. The van der Waals surface area contributed by atoms with Gasteiger partial charge in [0.05, 0.1) is 7.11 Å². The van der Waals surface area contributed by atoms with E-state index in [9.17, 15) is 14.7 Å². The molecular weight excluding hydrogens is 184 g/mol. The number of Topliss-reactive ketones (excluding diaryl/α,β-unsaturated/α-hetero) is 1. The third kappa shape index (κ3) is 1.74. The molecule has 1 N–H and O–H groups in total. The maximum Gasteiger partial charge on any atom is 0.161 e. The lowest BCUT2D eigenvalue weighted by Crippen LogP contribution is -1.99. The van der Waals surface area contributed by atoms with E-state index in [1.807, 2.05) is 0 Å². The second-order valence-corrected chi connectivity index (χ2v) is 2.79. The second kappa shape index (κ2) is 3.91. The number of methoxy groups -OCH3 is 1. The van der Waals surface area contributed by atoms with Gasteiger partial charge >= 0.3 is 0 Å². The van der Waals surface area contributed by atoms with Gasteiger partial charge in [0, 0.05) is 11.1 Å². The van der Waals surface area contributed by atoms with Crippen LogP contribution < -0.4 is 4.74 Å². The molecule has 0 heterocycles. The molecule has 0 aliphatic carbocycles. The zero-order valence-corrected chi connectivity index (χ0v) is 7.90. The fourth-order valence-electron chi connectivity index (χ4n) is 1.15. The monoisotopic (exact) mass is 194 g/mol. The van der Waals surface area contributed by atoms with Crippen molar-refractivity contribution >= 4 is 12.1 Å². The standard InChI is InChI=1S/C10H10O4/c1-6(12)8-4-9(13)10(14-2)3-7(8)5-11/h3-5,13H,1-2H3. The summed E-state index contributed by atoms with van der Waals surface area (Å²) in [6.07, 6.45) is 0.554. The highest BCUT2D eigenvalue weighted by Crippen LogP contribution is 2.28. The van der Waals surface area contributed by atoms with E-state index in [4.69, 9.17) is 4.74 Å². The summed E-state index contributed by atoms with van der Waals surface area (Å²) in [5.74, 6) is -0.245. The van der Waals surface area contributed by atoms with Crippen LogP contribution in [0.3, 0.4) is 0 Å². The Bertz CT molecular complexity index is 382. The van der Waals surface area contributed by atoms with Gasteiger partial charge in [-0.15, -0.1) is 0 Å². The van der Waals surface area contributed by atoms with Crippen molar-refractivity contribution in [2.45, 2.75) is 6.92 Å². The fourth-order valence-corrected chi connectivity index (χ4v) is 1.15. The van der Waals surface area contributed by atoms with E-state index < -0.39 is 0 Å². The SMILES string of the molecule is COc1cc(C=O)c(C(C)=O)cc1O. The quantitative estimate of drug-likeness (QED) is 0.583. The van der Waals surface area contributed by atoms with Crippen LogP contribution in [0.5, 0.6) is 11.5 Å². The third-order valence-electron chi connectivity index (χ3n) is 1.86. The van der Waals surface area contributed by atoms with Crippen molar-refractivity contribution in [3.8, 4) is 11.5 Å². The molecule has 74 valence electrons. The summed E-state index contributed by atoms with van der Waals surface area (Å²) in [6.45, 7) is 1.33. The van der Waals surface area contributed by atoms with Crippen LogP contribution in [0, 0.1) is 0 Å². The van der Waals surface area contributed by atoms with Crippen molar-refractivity contribution < 1.29 is 19.4 Å². The Morgan fingerprint density at radius 1 is 1.50 bits per heavy atom. The highest BCUT2D eigenvalue weighted by Gasteiger charge is 2.12. The molecule has 1 aromatic rings. The maximum atomic E-state index is 11.1. The number of carbonyl (C=O) groups excluding carboxylic acids is 2. The largest absolute Gasteiger partial charge is 0.504 e. The van der Waals surface area contributed by atoms with Crippen LogP contribution in [-0.4, -0.2) is 24.3 Å². The number of aromatic hydroxyl groups is 1. The van der Waals surface area contributed by atoms with Crippen LogP contribution in [0.1, 0.15) is 27.6 Å². The number of hydrogen-bond donors (Lipinski definition) is 1. The number of carbonyl (C=O) groups is 2. The zero-order valence-electron chi connectivity index (χ0n) is 7.90. The molecule has 0 fully saturated rings. The van der Waals surface area contributed by atoms with Crippen molar-refractivity contribution in [3.05, 3.63) is 23.3 Å². The Kier molecular flexibility index (Phi) is 2.86. The molecule has 1 rings (SSSR count). The third-order valence-corrected chi connectivity index (χ3v) is 1.86. The topological polar surface area (TPSA) is 63.6 Å². The van der Waals surface area contributed by atoms with Crippen LogP contribution in [0.2, 0.25) is 0 Å². The summed E-state index contributed by atoms with van der Waals surface area (Å²) in [4.78, 5) is 21.7. The zero-order chi connectivity index (χ0) is 10.7. The molecule has 0 radical (unpaired) electrons. The first-order chi connectivity index (χ1) is 6.60. The molecule has 0 aliphatic heterocycles. The van der Waals surface area contributed by atoms with E-state index in [0.29, 0.717) is 6.29 Å². The van der Waals surface area contributed by atoms with Gasteiger partial charge in [-0.25, -0.2) is 0 Å². The molecule has 4 nitrogen and oxygen atoms in total. The number of ether oxygens (including phenoxy) is 1. The van der Waals surface area contributed by atoms with E-state index in [1.54, 1.807) is 0 Å². The number of phenols is 1. The minimum absolute atomic E-state index is 0.150. The minimum atomic E-state index is -0.273. The summed E-state index contributed by atoms with van der Waals surface area (Å²) < 4.78 is 4.80. The summed E-state index contributed by atoms with van der Waals surface area (Å²) in [5, 5.41) is 9.37. The molecule has 0 spiro atoms. The van der Waals surface area contributed by atoms with E-state index >= 15 is 0 Å². The molecular formula is C10H10O4. The van der Waals surface area contributed by atoms with E-state index in [2.05, 4.69) is 0 Å². The Hall–Kier alpha value is -1.84. The maximum absolute atomic E-state index is 11.1. The van der Waals surface area contributed by atoms with Gasteiger partial charge in [0.1, 0.15) is 0 Å². The number of rotatable bonds is 3. The van der Waals surface area contributed by atoms with E-state index in [-0.39, 0.29) is 28.4 Å². The Balaban J connectivity index is 3.38. The Labute approximate surface area is 81.1 Å².